The Hall–Kier alpha value is -4.27. The Labute approximate surface area is 267 Å². The molecule has 3 atom stereocenters. The number of carbonyl (C=O) groups excluding carboxylic acids is 1. The van der Waals surface area contributed by atoms with Crippen LogP contribution in [0.4, 0.5) is 0 Å². The predicted molar refractivity (Wildman–Crippen MR) is 176 cm³/mol. The molecule has 236 valence electrons. The molecule has 1 fully saturated rings. The van der Waals surface area contributed by atoms with E-state index in [9.17, 15) is 4.79 Å². The van der Waals surface area contributed by atoms with Crippen molar-refractivity contribution in [2.24, 2.45) is 11.8 Å². The van der Waals surface area contributed by atoms with Crippen LogP contribution in [0.15, 0.2) is 97.1 Å². The lowest BCUT2D eigenvalue weighted by Gasteiger charge is -2.32. The molecule has 1 aliphatic heterocycles. The number of hydrogen-bond acceptors (Lipinski definition) is 7. The Morgan fingerprint density at radius 1 is 0.711 bits per heavy atom. The fourth-order valence-electron chi connectivity index (χ4n) is 5.56. The number of rotatable bonds is 14. The molecule has 7 nitrogen and oxygen atoms in total. The van der Waals surface area contributed by atoms with Crippen LogP contribution >= 0.6 is 0 Å². The zero-order valence-electron chi connectivity index (χ0n) is 26.7. The molecule has 0 radical (unpaired) electrons. The lowest BCUT2D eigenvalue weighted by atomic mass is 9.83. The second-order valence-electron chi connectivity index (χ2n) is 12.2. The third-order valence-electron chi connectivity index (χ3n) is 7.78. The molecule has 0 bridgehead atoms. The standard InChI is InChI=1S/C37H42O7Si/c1-39-34-21-28(16-18-32(34)41-23-26-12-8-6-9-13-26)20-30-31(25-43-37(30)38)36(44-45(3,4)5)29-17-19-33(35(22-29)40-2)42-24-27-14-10-7-11-15-27/h6-19,21-22,30-31,36H,20,23-25H2,1-5H3/t30-,31+,36-/m1/s1. The van der Waals surface area contributed by atoms with Crippen molar-refractivity contribution < 1.29 is 32.9 Å². The van der Waals surface area contributed by atoms with Crippen LogP contribution in [0.3, 0.4) is 0 Å². The number of esters is 1. The molecule has 1 aliphatic rings. The van der Waals surface area contributed by atoms with Gasteiger partial charge in [-0.15, -0.1) is 0 Å². The van der Waals surface area contributed by atoms with Crippen LogP contribution in [0.25, 0.3) is 0 Å². The first-order chi connectivity index (χ1) is 21.7. The van der Waals surface area contributed by atoms with Crippen molar-refractivity contribution in [3.05, 3.63) is 119 Å². The highest BCUT2D eigenvalue weighted by Crippen LogP contribution is 2.43. The van der Waals surface area contributed by atoms with Crippen LogP contribution < -0.4 is 18.9 Å². The third kappa shape index (κ3) is 8.47. The normalized spacial score (nSPS) is 17.0. The van der Waals surface area contributed by atoms with E-state index in [2.05, 4.69) is 19.6 Å². The van der Waals surface area contributed by atoms with Crippen LogP contribution in [-0.4, -0.2) is 35.1 Å². The Morgan fingerprint density at radius 3 is 1.82 bits per heavy atom. The summed E-state index contributed by atoms with van der Waals surface area (Å²) in [6.45, 7) is 7.60. The minimum Gasteiger partial charge on any atom is -0.493 e. The Balaban J connectivity index is 1.36. The lowest BCUT2D eigenvalue weighted by Crippen LogP contribution is -2.34. The quantitative estimate of drug-likeness (QED) is 0.105. The second kappa shape index (κ2) is 14.7. The van der Waals surface area contributed by atoms with E-state index < -0.39 is 14.2 Å². The molecule has 1 saturated heterocycles. The van der Waals surface area contributed by atoms with Gasteiger partial charge in [0, 0.05) is 5.92 Å². The summed E-state index contributed by atoms with van der Waals surface area (Å²) >= 11 is 0. The summed E-state index contributed by atoms with van der Waals surface area (Å²) < 4.78 is 36.1. The Morgan fingerprint density at radius 2 is 1.27 bits per heavy atom. The van der Waals surface area contributed by atoms with Gasteiger partial charge in [-0.25, -0.2) is 0 Å². The maximum absolute atomic E-state index is 13.2. The maximum Gasteiger partial charge on any atom is 0.309 e. The number of ether oxygens (including phenoxy) is 5. The first-order valence-electron chi connectivity index (χ1n) is 15.3. The molecule has 4 aromatic rings. The molecule has 5 rings (SSSR count). The van der Waals surface area contributed by atoms with Crippen LogP contribution in [-0.2, 0) is 33.6 Å². The van der Waals surface area contributed by atoms with Crippen molar-refractivity contribution in [1.82, 2.24) is 0 Å². The molecule has 45 heavy (non-hydrogen) atoms. The van der Waals surface area contributed by atoms with Gasteiger partial charge in [-0.3, -0.25) is 4.79 Å². The number of cyclic esters (lactones) is 1. The van der Waals surface area contributed by atoms with Crippen LogP contribution in [0.1, 0.15) is 28.4 Å². The molecule has 0 unspecified atom stereocenters. The largest absolute Gasteiger partial charge is 0.493 e. The summed E-state index contributed by atoms with van der Waals surface area (Å²) in [6.07, 6.45) is 0.125. The van der Waals surface area contributed by atoms with Crippen molar-refractivity contribution in [3.63, 3.8) is 0 Å². The van der Waals surface area contributed by atoms with Gasteiger partial charge in [-0.2, -0.15) is 0 Å². The summed E-state index contributed by atoms with van der Waals surface area (Å²) in [7, 11) is 1.21. The van der Waals surface area contributed by atoms with Crippen LogP contribution in [0.5, 0.6) is 23.0 Å². The summed E-state index contributed by atoms with van der Waals surface area (Å²) in [4.78, 5) is 13.2. The highest BCUT2D eigenvalue weighted by Gasteiger charge is 2.44. The SMILES string of the molecule is COc1cc(C[C@H]2C(=O)OC[C@@H]2[C@H](O[Si](C)(C)C)c2ccc(OCc3ccccc3)c(OC)c2)ccc1OCc1ccccc1. The van der Waals surface area contributed by atoms with E-state index in [0.29, 0.717) is 42.6 Å². The molecular weight excluding hydrogens is 584 g/mol. The summed E-state index contributed by atoms with van der Waals surface area (Å²) in [5.41, 5.74) is 4.03. The minimum absolute atomic E-state index is 0.190. The molecule has 0 N–H and O–H groups in total. The van der Waals surface area contributed by atoms with Gasteiger partial charge in [-0.05, 0) is 72.6 Å². The van der Waals surface area contributed by atoms with Crippen molar-refractivity contribution >= 4 is 14.3 Å². The zero-order chi connectivity index (χ0) is 31.8. The number of hydrogen-bond donors (Lipinski definition) is 0. The number of methoxy groups -OCH3 is 2. The third-order valence-corrected chi connectivity index (χ3v) is 8.74. The van der Waals surface area contributed by atoms with E-state index in [1.165, 1.54) is 0 Å². The van der Waals surface area contributed by atoms with E-state index in [0.717, 1.165) is 22.3 Å². The van der Waals surface area contributed by atoms with E-state index in [1.54, 1.807) is 14.2 Å². The average Bonchev–Trinajstić information content (AvgIpc) is 3.41. The first kappa shape index (κ1) is 32.1. The van der Waals surface area contributed by atoms with E-state index >= 15 is 0 Å². The van der Waals surface area contributed by atoms with E-state index in [4.69, 9.17) is 28.1 Å². The minimum atomic E-state index is -2.05. The predicted octanol–water partition coefficient (Wildman–Crippen LogP) is 7.79. The summed E-state index contributed by atoms with van der Waals surface area (Å²) in [6, 6.07) is 31.7. The van der Waals surface area contributed by atoms with Gasteiger partial charge in [0.15, 0.2) is 31.3 Å². The molecule has 1 heterocycles. The second-order valence-corrected chi connectivity index (χ2v) is 16.7. The van der Waals surface area contributed by atoms with Crippen molar-refractivity contribution in [3.8, 4) is 23.0 Å². The van der Waals surface area contributed by atoms with Gasteiger partial charge in [0.2, 0.25) is 0 Å². The molecule has 4 aromatic carbocycles. The fourth-order valence-corrected chi connectivity index (χ4v) is 6.63. The Kier molecular flexibility index (Phi) is 10.5. The van der Waals surface area contributed by atoms with E-state index in [-0.39, 0.29) is 24.6 Å². The Bertz CT molecular complexity index is 1550. The number of benzene rings is 4. The zero-order valence-corrected chi connectivity index (χ0v) is 27.7. The molecule has 0 amide bonds. The van der Waals surface area contributed by atoms with Gasteiger partial charge in [-0.1, -0.05) is 72.8 Å². The van der Waals surface area contributed by atoms with Gasteiger partial charge in [0.25, 0.3) is 0 Å². The maximum atomic E-state index is 13.2. The van der Waals surface area contributed by atoms with Crippen LogP contribution in [0.2, 0.25) is 19.6 Å². The van der Waals surface area contributed by atoms with Crippen LogP contribution in [0, 0.1) is 11.8 Å². The highest BCUT2D eigenvalue weighted by atomic mass is 28.4. The summed E-state index contributed by atoms with van der Waals surface area (Å²) in [5, 5.41) is 0. The molecule has 0 aromatic heterocycles. The smallest absolute Gasteiger partial charge is 0.309 e. The lowest BCUT2D eigenvalue weighted by molar-refractivity contribution is -0.141. The van der Waals surface area contributed by atoms with Crippen molar-refractivity contribution in [2.45, 2.75) is 45.4 Å². The van der Waals surface area contributed by atoms with Crippen molar-refractivity contribution in [1.29, 1.82) is 0 Å². The molecular formula is C37H42O7Si. The topological polar surface area (TPSA) is 72.5 Å². The van der Waals surface area contributed by atoms with Crippen molar-refractivity contribution in [2.75, 3.05) is 20.8 Å². The van der Waals surface area contributed by atoms with Gasteiger partial charge >= 0.3 is 5.97 Å². The first-order valence-corrected chi connectivity index (χ1v) is 18.7. The van der Waals surface area contributed by atoms with Gasteiger partial charge < -0.3 is 28.1 Å². The van der Waals surface area contributed by atoms with E-state index in [1.807, 2.05) is 97.1 Å². The molecule has 0 aliphatic carbocycles. The highest BCUT2D eigenvalue weighted by molar-refractivity contribution is 6.69. The summed E-state index contributed by atoms with van der Waals surface area (Å²) in [5.74, 6) is 1.73. The van der Waals surface area contributed by atoms with Gasteiger partial charge in [0.05, 0.1) is 32.8 Å². The molecule has 0 spiro atoms. The average molecular weight is 627 g/mol. The fraction of sp³-hybridized carbons (Fsp3) is 0.324. The number of carbonyl (C=O) groups is 1. The molecule has 8 heteroatoms. The monoisotopic (exact) mass is 626 g/mol. The van der Waals surface area contributed by atoms with Gasteiger partial charge in [0.1, 0.15) is 13.2 Å². The molecule has 0 saturated carbocycles.